The van der Waals surface area contributed by atoms with Gasteiger partial charge in [0.05, 0.1) is 12.6 Å². The van der Waals surface area contributed by atoms with Crippen LogP contribution in [0.15, 0.2) is 30.3 Å². The van der Waals surface area contributed by atoms with E-state index >= 15 is 0 Å². The van der Waals surface area contributed by atoms with Crippen LogP contribution in [0.4, 0.5) is 0 Å². The Labute approximate surface area is 114 Å². The van der Waals surface area contributed by atoms with Gasteiger partial charge in [-0.3, -0.25) is 4.79 Å². The highest BCUT2D eigenvalue weighted by molar-refractivity contribution is 5.83. The van der Waals surface area contributed by atoms with Crippen molar-refractivity contribution in [2.24, 2.45) is 5.92 Å². The summed E-state index contributed by atoms with van der Waals surface area (Å²) in [6.45, 7) is 2.77. The summed E-state index contributed by atoms with van der Waals surface area (Å²) in [4.78, 5) is 14.3. The third-order valence-electron chi connectivity index (χ3n) is 3.91. The molecule has 0 saturated carbocycles. The minimum atomic E-state index is -0.583. The monoisotopic (exact) mass is 263 g/mol. The van der Waals surface area contributed by atoms with Gasteiger partial charge in [0, 0.05) is 13.7 Å². The van der Waals surface area contributed by atoms with Crippen molar-refractivity contribution in [3.63, 3.8) is 0 Å². The predicted molar refractivity (Wildman–Crippen MR) is 72.6 cm³/mol. The lowest BCUT2D eigenvalue weighted by atomic mass is 10.0. The number of carbonyl (C=O) groups is 1. The minimum Gasteiger partial charge on any atom is -0.394 e. The molecule has 1 aliphatic rings. The van der Waals surface area contributed by atoms with Crippen molar-refractivity contribution in [3.05, 3.63) is 35.9 Å². The molecule has 1 amide bonds. The molecule has 0 aliphatic carbocycles. The summed E-state index contributed by atoms with van der Waals surface area (Å²) in [6.07, 6.45) is 0.350. The van der Waals surface area contributed by atoms with E-state index in [-0.39, 0.29) is 18.6 Å². The van der Waals surface area contributed by atoms with Crippen LogP contribution in [-0.2, 0) is 9.53 Å². The summed E-state index contributed by atoms with van der Waals surface area (Å²) >= 11 is 0. The number of aliphatic hydroxyl groups is 1. The Morgan fingerprint density at radius 2 is 2.16 bits per heavy atom. The summed E-state index contributed by atoms with van der Waals surface area (Å²) in [5.41, 5.74) is 0.853. The van der Waals surface area contributed by atoms with Crippen LogP contribution < -0.4 is 0 Å². The van der Waals surface area contributed by atoms with Gasteiger partial charge >= 0.3 is 0 Å². The van der Waals surface area contributed by atoms with Crippen molar-refractivity contribution >= 4 is 5.91 Å². The molecule has 1 aromatic carbocycles. The zero-order valence-corrected chi connectivity index (χ0v) is 11.5. The van der Waals surface area contributed by atoms with E-state index in [9.17, 15) is 9.90 Å². The number of aliphatic hydroxyl groups excluding tert-OH is 1. The first-order valence-electron chi connectivity index (χ1n) is 6.68. The average Bonchev–Trinajstić information content (AvgIpc) is 2.81. The van der Waals surface area contributed by atoms with Gasteiger partial charge in [0.2, 0.25) is 0 Å². The molecule has 4 heteroatoms. The number of amides is 1. The highest BCUT2D eigenvalue weighted by Crippen LogP contribution is 2.28. The standard InChI is InChI=1S/C15H21NO3/c1-11-8-9-16(13(11)10-17)15(18)14(19-2)12-6-4-3-5-7-12/h3-7,11,13-14,17H,8-10H2,1-2H3. The van der Waals surface area contributed by atoms with Gasteiger partial charge < -0.3 is 14.7 Å². The molecule has 1 heterocycles. The molecule has 1 aliphatic heterocycles. The first-order chi connectivity index (χ1) is 9.19. The Morgan fingerprint density at radius 1 is 1.47 bits per heavy atom. The quantitative estimate of drug-likeness (QED) is 0.897. The maximum Gasteiger partial charge on any atom is 0.256 e. The summed E-state index contributed by atoms with van der Waals surface area (Å²) in [5.74, 6) is 0.277. The number of hydrogen-bond acceptors (Lipinski definition) is 3. The Morgan fingerprint density at radius 3 is 2.74 bits per heavy atom. The van der Waals surface area contributed by atoms with Gasteiger partial charge in [-0.15, -0.1) is 0 Å². The molecule has 2 rings (SSSR count). The second-order valence-electron chi connectivity index (χ2n) is 5.07. The fourth-order valence-corrected chi connectivity index (χ4v) is 2.72. The van der Waals surface area contributed by atoms with Crippen molar-refractivity contribution < 1.29 is 14.6 Å². The van der Waals surface area contributed by atoms with E-state index in [4.69, 9.17) is 4.74 Å². The Hall–Kier alpha value is -1.39. The molecule has 0 spiro atoms. The van der Waals surface area contributed by atoms with Crippen LogP contribution in [0.5, 0.6) is 0 Å². The van der Waals surface area contributed by atoms with Gasteiger partial charge in [-0.2, -0.15) is 0 Å². The first-order valence-corrected chi connectivity index (χ1v) is 6.68. The Bertz CT molecular complexity index is 421. The SMILES string of the molecule is COC(C(=O)N1CCC(C)C1CO)c1ccccc1. The molecule has 1 N–H and O–H groups in total. The molecule has 19 heavy (non-hydrogen) atoms. The Kier molecular flexibility index (Phi) is 4.56. The van der Waals surface area contributed by atoms with E-state index in [1.54, 1.807) is 12.0 Å². The number of likely N-dealkylation sites (tertiary alicyclic amines) is 1. The highest BCUT2D eigenvalue weighted by Gasteiger charge is 2.37. The van der Waals surface area contributed by atoms with E-state index in [0.717, 1.165) is 12.0 Å². The fraction of sp³-hybridized carbons (Fsp3) is 0.533. The molecular formula is C15H21NO3. The lowest BCUT2D eigenvalue weighted by Crippen LogP contribution is -2.42. The number of rotatable bonds is 4. The Balaban J connectivity index is 2.18. The lowest BCUT2D eigenvalue weighted by molar-refractivity contribution is -0.144. The summed E-state index contributed by atoms with van der Waals surface area (Å²) < 4.78 is 5.37. The van der Waals surface area contributed by atoms with E-state index in [2.05, 4.69) is 6.92 Å². The van der Waals surface area contributed by atoms with Crippen molar-refractivity contribution in [1.29, 1.82) is 0 Å². The van der Waals surface area contributed by atoms with Crippen LogP contribution in [0, 0.1) is 5.92 Å². The highest BCUT2D eigenvalue weighted by atomic mass is 16.5. The van der Waals surface area contributed by atoms with Crippen molar-refractivity contribution in [1.82, 2.24) is 4.90 Å². The van der Waals surface area contributed by atoms with Crippen LogP contribution in [0.25, 0.3) is 0 Å². The van der Waals surface area contributed by atoms with Crippen LogP contribution in [0.2, 0.25) is 0 Å². The minimum absolute atomic E-state index is 0.0120. The van der Waals surface area contributed by atoms with Gasteiger partial charge in [0.1, 0.15) is 0 Å². The lowest BCUT2D eigenvalue weighted by Gasteiger charge is -2.28. The zero-order chi connectivity index (χ0) is 13.8. The van der Waals surface area contributed by atoms with Crippen LogP contribution in [0.3, 0.4) is 0 Å². The predicted octanol–water partition coefficient (Wildman–Crippen LogP) is 1.60. The third kappa shape index (κ3) is 2.80. The van der Waals surface area contributed by atoms with E-state index in [1.165, 1.54) is 0 Å². The summed E-state index contributed by atoms with van der Waals surface area (Å²) in [5, 5.41) is 9.45. The topological polar surface area (TPSA) is 49.8 Å². The molecule has 0 radical (unpaired) electrons. The molecule has 1 saturated heterocycles. The number of methoxy groups -OCH3 is 1. The number of ether oxygens (including phenoxy) is 1. The van der Waals surface area contributed by atoms with Gasteiger partial charge in [-0.1, -0.05) is 37.3 Å². The fourth-order valence-electron chi connectivity index (χ4n) is 2.72. The number of benzene rings is 1. The number of nitrogens with zero attached hydrogens (tertiary/aromatic N) is 1. The molecule has 0 bridgehead atoms. The van der Waals surface area contributed by atoms with Crippen molar-refractivity contribution in [2.45, 2.75) is 25.5 Å². The molecule has 1 fully saturated rings. The normalized spacial score (nSPS) is 24.5. The average molecular weight is 263 g/mol. The largest absolute Gasteiger partial charge is 0.394 e. The second kappa shape index (κ2) is 6.17. The third-order valence-corrected chi connectivity index (χ3v) is 3.91. The van der Waals surface area contributed by atoms with Gasteiger partial charge in [-0.05, 0) is 17.9 Å². The molecular weight excluding hydrogens is 242 g/mol. The van der Waals surface area contributed by atoms with Crippen LogP contribution >= 0.6 is 0 Å². The second-order valence-corrected chi connectivity index (χ2v) is 5.07. The van der Waals surface area contributed by atoms with Crippen molar-refractivity contribution in [2.75, 3.05) is 20.3 Å². The van der Waals surface area contributed by atoms with Gasteiger partial charge in [-0.25, -0.2) is 0 Å². The zero-order valence-electron chi connectivity index (χ0n) is 11.5. The van der Waals surface area contributed by atoms with Gasteiger partial charge in [0.25, 0.3) is 5.91 Å². The van der Waals surface area contributed by atoms with Crippen LogP contribution in [-0.4, -0.2) is 42.2 Å². The van der Waals surface area contributed by atoms with E-state index < -0.39 is 6.10 Å². The maximum atomic E-state index is 12.6. The molecule has 3 unspecified atom stereocenters. The smallest absolute Gasteiger partial charge is 0.256 e. The van der Waals surface area contributed by atoms with Crippen molar-refractivity contribution in [3.8, 4) is 0 Å². The first kappa shape index (κ1) is 14.0. The number of carbonyl (C=O) groups excluding carboxylic acids is 1. The molecule has 3 atom stereocenters. The maximum absolute atomic E-state index is 12.6. The molecule has 4 nitrogen and oxygen atoms in total. The number of hydrogen-bond donors (Lipinski definition) is 1. The molecule has 104 valence electrons. The van der Waals surface area contributed by atoms with Crippen LogP contribution in [0.1, 0.15) is 25.0 Å². The van der Waals surface area contributed by atoms with E-state index in [1.807, 2.05) is 30.3 Å². The molecule has 0 aromatic heterocycles. The van der Waals surface area contributed by atoms with E-state index in [0.29, 0.717) is 12.5 Å². The summed E-state index contributed by atoms with van der Waals surface area (Å²) in [6, 6.07) is 9.39. The molecule has 1 aromatic rings. The summed E-state index contributed by atoms with van der Waals surface area (Å²) in [7, 11) is 1.54. The van der Waals surface area contributed by atoms with Gasteiger partial charge in [0.15, 0.2) is 6.10 Å².